The van der Waals surface area contributed by atoms with Crippen molar-refractivity contribution >= 4 is 5.97 Å². The van der Waals surface area contributed by atoms with Gasteiger partial charge < -0.3 is 9.52 Å². The van der Waals surface area contributed by atoms with Crippen LogP contribution >= 0.6 is 0 Å². The Kier molecular flexibility index (Phi) is 2.75. The number of carboxylic acid groups (broad SMARTS) is 1. The van der Waals surface area contributed by atoms with Crippen molar-refractivity contribution in [2.24, 2.45) is 0 Å². The Labute approximate surface area is 88.3 Å². The minimum Gasteiger partial charge on any atom is -0.481 e. The second kappa shape index (κ2) is 4.04. The van der Waals surface area contributed by atoms with Gasteiger partial charge in [0, 0.05) is 6.42 Å². The fraction of sp³-hybridized carbons (Fsp3) is 0.636. The molecule has 0 amide bonds. The van der Waals surface area contributed by atoms with Crippen LogP contribution in [0.1, 0.15) is 49.4 Å². The van der Waals surface area contributed by atoms with E-state index in [1.165, 1.54) is 0 Å². The SMILES string of the molecule is CCC(C(=O)O)c1nc2c(o1)CCCC2. The predicted octanol–water partition coefficient (Wildman–Crippen LogP) is 2.13. The lowest BCUT2D eigenvalue weighted by Gasteiger charge is -2.05. The molecule has 0 aromatic carbocycles. The fourth-order valence-corrected chi connectivity index (χ4v) is 1.98. The van der Waals surface area contributed by atoms with Gasteiger partial charge in [-0.15, -0.1) is 0 Å². The molecule has 1 aromatic rings. The number of oxazole rings is 1. The third kappa shape index (κ3) is 1.89. The lowest BCUT2D eigenvalue weighted by Crippen LogP contribution is -2.10. The van der Waals surface area contributed by atoms with Crippen LogP contribution in [-0.4, -0.2) is 16.1 Å². The molecule has 0 saturated heterocycles. The summed E-state index contributed by atoms with van der Waals surface area (Å²) in [6.45, 7) is 1.84. The molecule has 0 radical (unpaired) electrons. The summed E-state index contributed by atoms with van der Waals surface area (Å²) in [6.07, 6.45) is 4.59. The average Bonchev–Trinajstić information content (AvgIpc) is 2.61. The molecule has 1 N–H and O–H groups in total. The standard InChI is InChI=1S/C11H15NO3/c1-2-7(11(13)14)10-12-8-5-3-4-6-9(8)15-10/h7H,2-6H2,1H3,(H,13,14). The molecule has 0 bridgehead atoms. The number of aliphatic carboxylic acids is 1. The summed E-state index contributed by atoms with van der Waals surface area (Å²) in [5.41, 5.74) is 0.968. The quantitative estimate of drug-likeness (QED) is 0.828. The van der Waals surface area contributed by atoms with Gasteiger partial charge in [0.15, 0.2) is 0 Å². The van der Waals surface area contributed by atoms with Crippen LogP contribution in [0.2, 0.25) is 0 Å². The average molecular weight is 209 g/mol. The maximum atomic E-state index is 10.9. The first kappa shape index (κ1) is 10.2. The molecule has 1 aromatic heterocycles. The summed E-state index contributed by atoms with van der Waals surface area (Å²) < 4.78 is 5.53. The summed E-state index contributed by atoms with van der Waals surface area (Å²) in [4.78, 5) is 15.2. The maximum Gasteiger partial charge on any atom is 0.315 e. The number of hydrogen-bond acceptors (Lipinski definition) is 3. The minimum atomic E-state index is -0.851. The van der Waals surface area contributed by atoms with E-state index in [0.717, 1.165) is 37.1 Å². The van der Waals surface area contributed by atoms with Crippen LogP contribution in [-0.2, 0) is 17.6 Å². The largest absolute Gasteiger partial charge is 0.481 e. The zero-order valence-electron chi connectivity index (χ0n) is 8.82. The molecule has 1 unspecified atom stereocenters. The molecule has 0 aliphatic heterocycles. The van der Waals surface area contributed by atoms with E-state index in [-0.39, 0.29) is 0 Å². The molecule has 1 aliphatic rings. The van der Waals surface area contributed by atoms with Crippen LogP contribution < -0.4 is 0 Å². The molecule has 4 nitrogen and oxygen atoms in total. The number of aryl methyl sites for hydroxylation is 2. The summed E-state index contributed by atoms with van der Waals surface area (Å²) in [5.74, 6) is -0.153. The van der Waals surface area contributed by atoms with Crippen LogP contribution in [0.25, 0.3) is 0 Å². The van der Waals surface area contributed by atoms with E-state index in [9.17, 15) is 4.79 Å². The molecule has 1 atom stereocenters. The lowest BCUT2D eigenvalue weighted by molar-refractivity contribution is -0.139. The third-order valence-electron chi connectivity index (χ3n) is 2.87. The number of hydrogen-bond donors (Lipinski definition) is 1. The van der Waals surface area contributed by atoms with Crippen molar-refractivity contribution in [2.75, 3.05) is 0 Å². The Morgan fingerprint density at radius 1 is 1.53 bits per heavy atom. The Morgan fingerprint density at radius 3 is 2.87 bits per heavy atom. The molecule has 0 spiro atoms. The van der Waals surface area contributed by atoms with E-state index in [1.54, 1.807) is 0 Å². The molecule has 15 heavy (non-hydrogen) atoms. The molecule has 0 saturated carbocycles. The third-order valence-corrected chi connectivity index (χ3v) is 2.87. The Balaban J connectivity index is 2.28. The molecule has 0 fully saturated rings. The summed E-state index contributed by atoms with van der Waals surface area (Å²) in [6, 6.07) is 0. The van der Waals surface area contributed by atoms with Gasteiger partial charge in [0.25, 0.3) is 0 Å². The van der Waals surface area contributed by atoms with Gasteiger partial charge in [-0.05, 0) is 25.7 Å². The molecule has 1 heterocycles. The molecule has 1 aliphatic carbocycles. The van der Waals surface area contributed by atoms with Gasteiger partial charge in [-0.2, -0.15) is 0 Å². The summed E-state index contributed by atoms with van der Waals surface area (Å²) in [5, 5.41) is 8.99. The zero-order chi connectivity index (χ0) is 10.8. The lowest BCUT2D eigenvalue weighted by atomic mass is 10.0. The Bertz CT molecular complexity index is 346. The smallest absolute Gasteiger partial charge is 0.315 e. The highest BCUT2D eigenvalue weighted by molar-refractivity contribution is 5.74. The van der Waals surface area contributed by atoms with E-state index in [2.05, 4.69) is 4.98 Å². The topological polar surface area (TPSA) is 63.3 Å². The monoisotopic (exact) mass is 209 g/mol. The van der Waals surface area contributed by atoms with Crippen molar-refractivity contribution in [1.29, 1.82) is 0 Å². The number of fused-ring (bicyclic) bond motifs is 1. The second-order valence-electron chi connectivity index (χ2n) is 3.93. The number of carbonyl (C=O) groups is 1. The number of rotatable bonds is 3. The molecule has 82 valence electrons. The van der Waals surface area contributed by atoms with Crippen molar-refractivity contribution in [3.05, 3.63) is 17.3 Å². The highest BCUT2D eigenvalue weighted by Crippen LogP contribution is 2.26. The second-order valence-corrected chi connectivity index (χ2v) is 3.93. The van der Waals surface area contributed by atoms with E-state index >= 15 is 0 Å². The normalized spacial score (nSPS) is 17.1. The van der Waals surface area contributed by atoms with Gasteiger partial charge in [0.2, 0.25) is 5.89 Å². The summed E-state index contributed by atoms with van der Waals surface area (Å²) in [7, 11) is 0. The first-order valence-electron chi connectivity index (χ1n) is 5.43. The van der Waals surface area contributed by atoms with Crippen LogP contribution in [0, 0.1) is 0 Å². The van der Waals surface area contributed by atoms with Crippen molar-refractivity contribution in [3.8, 4) is 0 Å². The fourth-order valence-electron chi connectivity index (χ4n) is 1.98. The minimum absolute atomic E-state index is 0.386. The number of nitrogens with zero attached hydrogens (tertiary/aromatic N) is 1. The number of aromatic nitrogens is 1. The van der Waals surface area contributed by atoms with Crippen LogP contribution in [0.4, 0.5) is 0 Å². The van der Waals surface area contributed by atoms with Crippen LogP contribution in [0.3, 0.4) is 0 Å². The molecule has 4 heteroatoms. The first-order valence-corrected chi connectivity index (χ1v) is 5.43. The highest BCUT2D eigenvalue weighted by atomic mass is 16.4. The molecular formula is C11H15NO3. The van der Waals surface area contributed by atoms with E-state index in [4.69, 9.17) is 9.52 Å². The van der Waals surface area contributed by atoms with Crippen molar-refractivity contribution in [2.45, 2.75) is 44.9 Å². The van der Waals surface area contributed by atoms with Crippen molar-refractivity contribution in [1.82, 2.24) is 4.98 Å². The van der Waals surface area contributed by atoms with E-state index in [1.807, 2.05) is 6.92 Å². The van der Waals surface area contributed by atoms with Gasteiger partial charge >= 0.3 is 5.97 Å². The van der Waals surface area contributed by atoms with Gasteiger partial charge in [-0.3, -0.25) is 4.79 Å². The van der Waals surface area contributed by atoms with Crippen LogP contribution in [0.15, 0.2) is 4.42 Å². The molecule has 2 rings (SSSR count). The Morgan fingerprint density at radius 2 is 2.27 bits per heavy atom. The van der Waals surface area contributed by atoms with Crippen molar-refractivity contribution in [3.63, 3.8) is 0 Å². The highest BCUT2D eigenvalue weighted by Gasteiger charge is 2.26. The predicted molar refractivity (Wildman–Crippen MR) is 53.8 cm³/mol. The zero-order valence-corrected chi connectivity index (χ0v) is 8.82. The van der Waals surface area contributed by atoms with Gasteiger partial charge in [0.1, 0.15) is 11.7 Å². The maximum absolute atomic E-state index is 10.9. The first-order chi connectivity index (χ1) is 7.22. The molecular weight excluding hydrogens is 194 g/mol. The van der Waals surface area contributed by atoms with Gasteiger partial charge in [-0.1, -0.05) is 6.92 Å². The van der Waals surface area contributed by atoms with E-state index < -0.39 is 11.9 Å². The number of carboxylic acids is 1. The van der Waals surface area contributed by atoms with E-state index in [0.29, 0.717) is 12.3 Å². The Hall–Kier alpha value is -1.32. The summed E-state index contributed by atoms with van der Waals surface area (Å²) >= 11 is 0. The van der Waals surface area contributed by atoms with Gasteiger partial charge in [-0.25, -0.2) is 4.98 Å². The van der Waals surface area contributed by atoms with Crippen molar-refractivity contribution < 1.29 is 14.3 Å². The van der Waals surface area contributed by atoms with Gasteiger partial charge in [0.05, 0.1) is 5.69 Å². The van der Waals surface area contributed by atoms with Crippen LogP contribution in [0.5, 0.6) is 0 Å².